The first-order chi connectivity index (χ1) is 12.3. The van der Waals surface area contributed by atoms with Crippen LogP contribution in [0.4, 0.5) is 5.82 Å². The lowest BCUT2D eigenvalue weighted by Crippen LogP contribution is -2.53. The molecule has 0 aromatic carbocycles. The monoisotopic (exact) mass is 348 g/mol. The number of anilines is 1. The van der Waals surface area contributed by atoms with Crippen LogP contribution in [0.5, 0.6) is 5.88 Å². The van der Waals surface area contributed by atoms with Crippen LogP contribution in [0.1, 0.15) is 19.3 Å². The topological polar surface area (TPSA) is 77.0 Å². The van der Waals surface area contributed by atoms with E-state index < -0.39 is 0 Å². The number of piperidine rings is 1. The molecule has 3 aliphatic heterocycles. The fourth-order valence-corrected chi connectivity index (χ4v) is 4.05. The number of rotatable bonds is 3. The Bertz CT molecular complexity index is 622. The normalized spacial score (nSPS) is 29.4. The number of carbonyl (C=O) groups is 1. The van der Waals surface area contributed by atoms with Crippen molar-refractivity contribution in [3.8, 4) is 5.88 Å². The number of hydrogen-bond acceptors (Lipinski definition) is 7. The van der Waals surface area contributed by atoms with Crippen molar-refractivity contribution in [2.75, 3.05) is 44.9 Å². The molecule has 1 aromatic rings. The van der Waals surface area contributed by atoms with Crippen LogP contribution in [0, 0.1) is 11.8 Å². The number of amides is 1. The molecule has 136 valence electrons. The average molecular weight is 348 g/mol. The van der Waals surface area contributed by atoms with Crippen molar-refractivity contribution in [1.29, 1.82) is 0 Å². The van der Waals surface area contributed by atoms with E-state index in [4.69, 9.17) is 14.3 Å². The van der Waals surface area contributed by atoms with E-state index >= 15 is 0 Å². The van der Waals surface area contributed by atoms with Crippen molar-refractivity contribution in [3.05, 3.63) is 12.4 Å². The molecule has 0 N–H and O–H groups in total. The number of ether oxygens (including phenoxy) is 2. The molecule has 3 saturated heterocycles. The zero-order valence-corrected chi connectivity index (χ0v) is 14.5. The Morgan fingerprint density at radius 3 is 3.00 bits per heavy atom. The van der Waals surface area contributed by atoms with Crippen LogP contribution in [-0.4, -0.2) is 67.0 Å². The highest BCUT2D eigenvalue weighted by Crippen LogP contribution is 2.36. The van der Waals surface area contributed by atoms with Gasteiger partial charge in [0.25, 0.3) is 0 Å². The van der Waals surface area contributed by atoms with E-state index in [0.717, 1.165) is 38.2 Å². The largest absolute Gasteiger partial charge is 0.481 e. The SMILES string of the molecule is COc1cc(N2CC[C@@H]3OCC[C@H](C(=O)N4CCCO4)[C@H]3C2)ncn1. The number of fused-ring (bicyclic) bond motifs is 1. The number of hydrogen-bond donors (Lipinski definition) is 0. The first-order valence-electron chi connectivity index (χ1n) is 8.93. The third-order valence-corrected chi connectivity index (χ3v) is 5.35. The number of carbonyl (C=O) groups excluding carboxylic acids is 1. The van der Waals surface area contributed by atoms with Crippen LogP contribution < -0.4 is 9.64 Å². The summed E-state index contributed by atoms with van der Waals surface area (Å²) in [6.45, 7) is 3.57. The third-order valence-electron chi connectivity index (χ3n) is 5.35. The zero-order chi connectivity index (χ0) is 17.2. The van der Waals surface area contributed by atoms with Gasteiger partial charge in [0.2, 0.25) is 11.8 Å². The van der Waals surface area contributed by atoms with E-state index in [1.54, 1.807) is 12.2 Å². The predicted octanol–water partition coefficient (Wildman–Crippen LogP) is 0.881. The molecular weight excluding hydrogens is 324 g/mol. The Kier molecular flexibility index (Phi) is 4.72. The second-order valence-corrected chi connectivity index (χ2v) is 6.75. The van der Waals surface area contributed by atoms with Gasteiger partial charge in [-0.1, -0.05) is 0 Å². The van der Waals surface area contributed by atoms with E-state index in [9.17, 15) is 4.79 Å². The van der Waals surface area contributed by atoms with Crippen molar-refractivity contribution >= 4 is 11.7 Å². The number of hydroxylamine groups is 2. The lowest BCUT2D eigenvalue weighted by atomic mass is 9.79. The van der Waals surface area contributed by atoms with Gasteiger partial charge in [-0.15, -0.1) is 0 Å². The second-order valence-electron chi connectivity index (χ2n) is 6.75. The molecule has 0 radical (unpaired) electrons. The molecule has 0 spiro atoms. The van der Waals surface area contributed by atoms with Gasteiger partial charge in [0.05, 0.1) is 26.4 Å². The van der Waals surface area contributed by atoms with Gasteiger partial charge >= 0.3 is 0 Å². The predicted molar refractivity (Wildman–Crippen MR) is 89.0 cm³/mol. The van der Waals surface area contributed by atoms with Gasteiger partial charge in [-0.2, -0.15) is 0 Å². The molecule has 3 aliphatic rings. The van der Waals surface area contributed by atoms with Crippen LogP contribution in [0.25, 0.3) is 0 Å². The number of nitrogens with zero attached hydrogens (tertiary/aromatic N) is 4. The molecule has 0 bridgehead atoms. The van der Waals surface area contributed by atoms with Gasteiger partial charge in [0.15, 0.2) is 0 Å². The summed E-state index contributed by atoms with van der Waals surface area (Å²) in [4.78, 5) is 29.0. The smallest absolute Gasteiger partial charge is 0.249 e. The number of methoxy groups -OCH3 is 1. The highest BCUT2D eigenvalue weighted by Gasteiger charge is 2.44. The highest BCUT2D eigenvalue weighted by atomic mass is 16.7. The first kappa shape index (κ1) is 16.5. The van der Waals surface area contributed by atoms with E-state index in [2.05, 4.69) is 14.9 Å². The first-order valence-corrected chi connectivity index (χ1v) is 8.93. The van der Waals surface area contributed by atoms with E-state index in [1.165, 1.54) is 6.33 Å². The standard InChI is InChI=1S/C17H24N4O4/c1-23-16-9-15(18-11-19-16)20-6-3-14-13(10-20)12(4-8-24-14)17(22)21-5-2-7-25-21/h9,11-14H,2-8,10H2,1H3/t12-,13+,14-/m0/s1. The number of aromatic nitrogens is 2. The van der Waals surface area contributed by atoms with Crippen molar-refractivity contribution in [1.82, 2.24) is 15.0 Å². The molecule has 4 heterocycles. The summed E-state index contributed by atoms with van der Waals surface area (Å²) in [5.74, 6) is 1.59. The Morgan fingerprint density at radius 2 is 2.20 bits per heavy atom. The summed E-state index contributed by atoms with van der Waals surface area (Å²) in [6, 6.07) is 1.84. The summed E-state index contributed by atoms with van der Waals surface area (Å²) >= 11 is 0. The van der Waals surface area contributed by atoms with Crippen molar-refractivity contribution in [2.24, 2.45) is 11.8 Å². The lowest BCUT2D eigenvalue weighted by molar-refractivity contribution is -0.182. The molecule has 1 aromatic heterocycles. The molecule has 0 unspecified atom stereocenters. The quantitative estimate of drug-likeness (QED) is 0.802. The van der Waals surface area contributed by atoms with Gasteiger partial charge in [0, 0.05) is 37.6 Å². The van der Waals surface area contributed by atoms with Gasteiger partial charge in [-0.05, 0) is 19.3 Å². The molecule has 1 amide bonds. The van der Waals surface area contributed by atoms with E-state index in [1.807, 2.05) is 6.07 Å². The van der Waals surface area contributed by atoms with Crippen LogP contribution in [0.15, 0.2) is 12.4 Å². The molecule has 0 saturated carbocycles. The summed E-state index contributed by atoms with van der Waals surface area (Å²) in [5.41, 5.74) is 0. The van der Waals surface area contributed by atoms with Gasteiger partial charge in [0.1, 0.15) is 12.1 Å². The summed E-state index contributed by atoms with van der Waals surface area (Å²) < 4.78 is 11.2. The Hall–Kier alpha value is -1.93. The molecule has 0 aliphatic carbocycles. The van der Waals surface area contributed by atoms with Gasteiger partial charge < -0.3 is 14.4 Å². The molecule has 3 fully saturated rings. The molecule has 8 nitrogen and oxygen atoms in total. The molecule has 3 atom stereocenters. The fraction of sp³-hybridized carbons (Fsp3) is 0.706. The van der Waals surface area contributed by atoms with E-state index in [-0.39, 0.29) is 23.8 Å². The second kappa shape index (κ2) is 7.13. The van der Waals surface area contributed by atoms with Crippen LogP contribution in [0.3, 0.4) is 0 Å². The third kappa shape index (κ3) is 3.28. The summed E-state index contributed by atoms with van der Waals surface area (Å²) in [5, 5.41) is 1.56. The molecule has 25 heavy (non-hydrogen) atoms. The van der Waals surface area contributed by atoms with Gasteiger partial charge in [-0.25, -0.2) is 15.0 Å². The Balaban J connectivity index is 1.51. The summed E-state index contributed by atoms with van der Waals surface area (Å²) in [6.07, 6.45) is 4.20. The van der Waals surface area contributed by atoms with Crippen molar-refractivity contribution < 1.29 is 19.1 Å². The molecular formula is C17H24N4O4. The minimum atomic E-state index is -0.0524. The van der Waals surface area contributed by atoms with Crippen molar-refractivity contribution in [2.45, 2.75) is 25.4 Å². The van der Waals surface area contributed by atoms with Crippen LogP contribution in [0.2, 0.25) is 0 Å². The maximum absolute atomic E-state index is 12.9. The lowest BCUT2D eigenvalue weighted by Gasteiger charge is -2.45. The maximum Gasteiger partial charge on any atom is 0.249 e. The van der Waals surface area contributed by atoms with Gasteiger partial charge in [-0.3, -0.25) is 9.63 Å². The minimum Gasteiger partial charge on any atom is -0.481 e. The van der Waals surface area contributed by atoms with Crippen LogP contribution in [-0.2, 0) is 14.4 Å². The average Bonchev–Trinajstić information content (AvgIpc) is 3.21. The van der Waals surface area contributed by atoms with Crippen LogP contribution >= 0.6 is 0 Å². The minimum absolute atomic E-state index is 0.0524. The highest BCUT2D eigenvalue weighted by molar-refractivity contribution is 5.78. The zero-order valence-electron chi connectivity index (χ0n) is 14.5. The fourth-order valence-electron chi connectivity index (χ4n) is 4.05. The van der Waals surface area contributed by atoms with E-state index in [0.29, 0.717) is 25.6 Å². The molecule has 8 heteroatoms. The van der Waals surface area contributed by atoms with Crippen molar-refractivity contribution in [3.63, 3.8) is 0 Å². The summed E-state index contributed by atoms with van der Waals surface area (Å²) in [7, 11) is 1.60. The molecule has 4 rings (SSSR count). The Morgan fingerprint density at radius 1 is 1.28 bits per heavy atom. The maximum atomic E-state index is 12.9. The Labute approximate surface area is 147 Å².